The first-order valence-corrected chi connectivity index (χ1v) is 15.8. The van der Waals surface area contributed by atoms with Crippen molar-refractivity contribution >= 4 is 33.7 Å². The predicted molar refractivity (Wildman–Crippen MR) is 174 cm³/mol. The van der Waals surface area contributed by atoms with Crippen LogP contribution in [0.2, 0.25) is 0 Å². The number of fused-ring (bicyclic) bond motifs is 2. The fourth-order valence-electron chi connectivity index (χ4n) is 7.19. The number of carbonyl (C=O) groups excluding carboxylic acids is 1. The van der Waals surface area contributed by atoms with Crippen LogP contribution >= 0.6 is 0 Å². The Morgan fingerprint density at radius 3 is 2.60 bits per heavy atom. The van der Waals surface area contributed by atoms with Gasteiger partial charge in [0.15, 0.2) is 5.82 Å². The molecule has 5 aromatic rings. The van der Waals surface area contributed by atoms with Gasteiger partial charge in [-0.1, -0.05) is 25.1 Å². The van der Waals surface area contributed by atoms with Crippen molar-refractivity contribution in [3.8, 4) is 17.3 Å². The Morgan fingerprint density at radius 2 is 1.89 bits per heavy atom. The first-order valence-electron chi connectivity index (χ1n) is 15.8. The maximum atomic E-state index is 13.8. The van der Waals surface area contributed by atoms with Crippen molar-refractivity contribution in [2.45, 2.75) is 38.5 Å². The Labute approximate surface area is 262 Å². The summed E-state index contributed by atoms with van der Waals surface area (Å²) in [7, 11) is 3.75. The molecule has 1 amide bonds. The summed E-state index contributed by atoms with van der Waals surface area (Å²) in [6, 6.07) is 14.6. The third-order valence-corrected chi connectivity index (χ3v) is 10.0. The zero-order chi connectivity index (χ0) is 31.0. The van der Waals surface area contributed by atoms with Crippen LogP contribution in [-0.2, 0) is 13.6 Å². The molecule has 3 fully saturated rings. The van der Waals surface area contributed by atoms with Crippen LogP contribution in [0.15, 0.2) is 54.9 Å². The van der Waals surface area contributed by atoms with Gasteiger partial charge in [0.2, 0.25) is 0 Å². The summed E-state index contributed by atoms with van der Waals surface area (Å²) in [5, 5.41) is 4.47. The maximum absolute atomic E-state index is 13.8. The van der Waals surface area contributed by atoms with Crippen molar-refractivity contribution in [3.05, 3.63) is 66.1 Å². The van der Waals surface area contributed by atoms with E-state index in [1.165, 1.54) is 0 Å². The maximum Gasteiger partial charge on any atom is 0.254 e. The number of para-hydroxylation sites is 1. The van der Waals surface area contributed by atoms with Crippen LogP contribution < -0.4 is 20.7 Å². The van der Waals surface area contributed by atoms with E-state index in [0.717, 1.165) is 71.1 Å². The monoisotopic (exact) mass is 605 g/mol. The molecule has 0 aliphatic carbocycles. The van der Waals surface area contributed by atoms with E-state index in [0.29, 0.717) is 29.8 Å². The van der Waals surface area contributed by atoms with Gasteiger partial charge in [0.05, 0.1) is 42.4 Å². The van der Waals surface area contributed by atoms with Crippen LogP contribution in [0.4, 0.5) is 5.82 Å². The molecule has 6 heterocycles. The average Bonchev–Trinajstić information content (AvgIpc) is 3.69. The van der Waals surface area contributed by atoms with E-state index in [1.54, 1.807) is 7.11 Å². The standard InChI is InChI=1S/C34H39N9O2/c1-19-15-42(20(2)31(19)35)34(44)23-9-24-32(29(11-23)45-4)43(33(39-24)28-10-22-7-5-6-8-27(22)40(28)3)18-21-16-41(17-21)30-14-36-12-26(38-30)25-13-37-25/h5-12,14,19-21,25,31,37H,13,15-18,35H2,1-4H3/t19?,20?,25?,31-/m1/s1. The largest absolute Gasteiger partial charge is 0.494 e. The van der Waals surface area contributed by atoms with Crippen molar-refractivity contribution in [1.29, 1.82) is 0 Å². The number of benzene rings is 2. The summed E-state index contributed by atoms with van der Waals surface area (Å²) in [5.41, 5.74) is 11.8. The molecule has 232 valence electrons. The molecule has 4 atom stereocenters. The van der Waals surface area contributed by atoms with E-state index in [4.69, 9.17) is 20.4 Å². The Bertz CT molecular complexity index is 1940. The highest BCUT2D eigenvalue weighted by Crippen LogP contribution is 2.37. The average molecular weight is 606 g/mol. The van der Waals surface area contributed by atoms with Crippen molar-refractivity contribution < 1.29 is 9.53 Å². The minimum absolute atomic E-state index is 0.0365. The number of rotatable bonds is 7. The minimum atomic E-state index is -0.0438. The number of nitrogens with zero attached hydrogens (tertiary/aromatic N) is 7. The highest BCUT2D eigenvalue weighted by atomic mass is 16.5. The molecule has 3 aromatic heterocycles. The second kappa shape index (κ2) is 10.6. The summed E-state index contributed by atoms with van der Waals surface area (Å²) in [6.07, 6.45) is 3.70. The third-order valence-electron chi connectivity index (χ3n) is 10.0. The molecule has 0 bridgehead atoms. The van der Waals surface area contributed by atoms with Crippen LogP contribution in [0, 0.1) is 11.8 Å². The van der Waals surface area contributed by atoms with Crippen molar-refractivity contribution in [3.63, 3.8) is 0 Å². The molecule has 45 heavy (non-hydrogen) atoms. The molecule has 3 unspecified atom stereocenters. The number of amides is 1. The summed E-state index contributed by atoms with van der Waals surface area (Å²) < 4.78 is 10.5. The van der Waals surface area contributed by atoms with Crippen LogP contribution in [0.5, 0.6) is 5.75 Å². The fraction of sp³-hybridized carbons (Fsp3) is 0.412. The number of likely N-dealkylation sites (tertiary alicyclic amines) is 1. The minimum Gasteiger partial charge on any atom is -0.494 e. The lowest BCUT2D eigenvalue weighted by atomic mass is 10.00. The van der Waals surface area contributed by atoms with E-state index in [9.17, 15) is 4.79 Å². The van der Waals surface area contributed by atoms with Gasteiger partial charge in [0, 0.05) is 74.2 Å². The molecular formula is C34H39N9O2. The molecule has 8 rings (SSSR count). The molecule has 2 aromatic carbocycles. The molecular weight excluding hydrogens is 566 g/mol. The number of methoxy groups -OCH3 is 1. The van der Waals surface area contributed by atoms with Gasteiger partial charge in [-0.3, -0.25) is 9.78 Å². The van der Waals surface area contributed by atoms with Crippen LogP contribution in [-0.4, -0.2) is 80.3 Å². The smallest absolute Gasteiger partial charge is 0.254 e. The number of anilines is 1. The van der Waals surface area contributed by atoms with Gasteiger partial charge in [-0.15, -0.1) is 0 Å². The Morgan fingerprint density at radius 1 is 1.09 bits per heavy atom. The summed E-state index contributed by atoms with van der Waals surface area (Å²) >= 11 is 0. The van der Waals surface area contributed by atoms with E-state index >= 15 is 0 Å². The van der Waals surface area contributed by atoms with Gasteiger partial charge in [-0.25, -0.2) is 9.97 Å². The zero-order valence-electron chi connectivity index (χ0n) is 26.1. The first-order chi connectivity index (χ1) is 21.8. The molecule has 0 spiro atoms. The van der Waals surface area contributed by atoms with Crippen LogP contribution in [0.25, 0.3) is 33.5 Å². The van der Waals surface area contributed by atoms with E-state index in [1.807, 2.05) is 36.4 Å². The zero-order valence-corrected chi connectivity index (χ0v) is 26.1. The van der Waals surface area contributed by atoms with Gasteiger partial charge < -0.3 is 34.7 Å². The number of imidazole rings is 1. The number of nitrogens with two attached hydrogens (primary N) is 1. The predicted octanol–water partition coefficient (Wildman–Crippen LogP) is 3.58. The first kappa shape index (κ1) is 28.0. The lowest BCUT2D eigenvalue weighted by Gasteiger charge is -2.40. The number of hydrogen-bond acceptors (Lipinski definition) is 8. The van der Waals surface area contributed by atoms with Gasteiger partial charge in [0.1, 0.15) is 17.1 Å². The van der Waals surface area contributed by atoms with Gasteiger partial charge in [-0.05, 0) is 37.1 Å². The van der Waals surface area contributed by atoms with E-state index in [-0.39, 0.29) is 23.9 Å². The van der Waals surface area contributed by atoms with Crippen molar-refractivity contribution in [1.82, 2.24) is 34.3 Å². The third kappa shape index (κ3) is 4.64. The normalized spacial score (nSPS) is 23.2. The van der Waals surface area contributed by atoms with Crippen molar-refractivity contribution in [2.24, 2.45) is 24.6 Å². The molecule has 3 saturated heterocycles. The Balaban J connectivity index is 1.18. The van der Waals surface area contributed by atoms with Gasteiger partial charge in [0.25, 0.3) is 5.91 Å². The number of hydrogen-bond donors (Lipinski definition) is 2. The van der Waals surface area contributed by atoms with Crippen LogP contribution in [0.3, 0.4) is 0 Å². The number of aromatic nitrogens is 5. The number of ether oxygens (including phenoxy) is 1. The Hall–Kier alpha value is -4.48. The SMILES string of the molecule is COc1cc(C(=O)N2CC(C)[C@@H](N)C2C)cc2nc(-c3cc4ccccc4n3C)n(CC3CN(c4cncc(C5CN5)n4)C3)c12. The molecule has 3 aliphatic rings. The highest BCUT2D eigenvalue weighted by molar-refractivity contribution is 6.00. The second-order valence-electron chi connectivity index (χ2n) is 13.0. The quantitative estimate of drug-likeness (QED) is 0.270. The summed E-state index contributed by atoms with van der Waals surface area (Å²) in [4.78, 5) is 32.5. The summed E-state index contributed by atoms with van der Waals surface area (Å²) in [5.74, 6) is 3.00. The van der Waals surface area contributed by atoms with Gasteiger partial charge in [-0.2, -0.15) is 0 Å². The highest BCUT2D eigenvalue weighted by Gasteiger charge is 2.38. The lowest BCUT2D eigenvalue weighted by Crippen LogP contribution is -2.49. The Kier molecular flexibility index (Phi) is 6.58. The van der Waals surface area contributed by atoms with Crippen molar-refractivity contribution in [2.75, 3.05) is 38.2 Å². The summed E-state index contributed by atoms with van der Waals surface area (Å²) in [6.45, 7) is 8.22. The fourth-order valence-corrected chi connectivity index (χ4v) is 7.19. The molecule has 11 nitrogen and oxygen atoms in total. The second-order valence-corrected chi connectivity index (χ2v) is 13.0. The van der Waals surface area contributed by atoms with Crippen LogP contribution in [0.1, 0.15) is 35.9 Å². The lowest BCUT2D eigenvalue weighted by molar-refractivity contribution is 0.0739. The molecule has 0 saturated carbocycles. The number of nitrogens with one attached hydrogen (secondary N) is 1. The molecule has 3 aliphatic heterocycles. The van der Waals surface area contributed by atoms with E-state index in [2.05, 4.69) is 68.6 Å². The van der Waals surface area contributed by atoms with E-state index < -0.39 is 0 Å². The van der Waals surface area contributed by atoms with Gasteiger partial charge >= 0.3 is 0 Å². The topological polar surface area (TPSA) is 129 Å². The molecule has 0 radical (unpaired) electrons. The number of carbonyl (C=O) groups is 1. The molecule has 3 N–H and O–H groups in total. The number of aryl methyl sites for hydroxylation is 1. The molecule has 11 heteroatoms.